The molecule has 0 radical (unpaired) electrons. The van der Waals surface area contributed by atoms with Crippen LogP contribution in [0.3, 0.4) is 0 Å². The Morgan fingerprint density at radius 2 is 1.79 bits per heavy atom. The number of carbonyl (C=O) groups is 3. The van der Waals surface area contributed by atoms with Crippen molar-refractivity contribution >= 4 is 45.7 Å². The summed E-state index contributed by atoms with van der Waals surface area (Å²) in [6.45, 7) is 7.30. The van der Waals surface area contributed by atoms with Crippen LogP contribution in [-0.2, 0) is 11.3 Å². The molecule has 0 unspecified atom stereocenters. The van der Waals surface area contributed by atoms with Gasteiger partial charge in [0, 0.05) is 50.5 Å². The summed E-state index contributed by atoms with van der Waals surface area (Å²) in [5, 5.41) is 12.8. The van der Waals surface area contributed by atoms with Crippen LogP contribution in [0.4, 0.5) is 5.95 Å². The summed E-state index contributed by atoms with van der Waals surface area (Å²) in [5.41, 5.74) is -1.25. The number of rotatable bonds is 7. The number of aryl methyl sites for hydroxylation is 1. The zero-order valence-corrected chi connectivity index (χ0v) is 23.4. The van der Waals surface area contributed by atoms with Gasteiger partial charge in [-0.15, -0.1) is 0 Å². The number of aromatic carboxylic acids is 1. The largest absolute Gasteiger partial charge is 0.477 e. The Bertz CT molecular complexity index is 1820. The van der Waals surface area contributed by atoms with Crippen LogP contribution in [0.2, 0.25) is 0 Å². The van der Waals surface area contributed by atoms with Gasteiger partial charge in [0.25, 0.3) is 5.91 Å². The number of para-hydroxylation sites is 1. The third-order valence-electron chi connectivity index (χ3n) is 7.35. The van der Waals surface area contributed by atoms with E-state index in [1.165, 1.54) is 18.5 Å². The van der Waals surface area contributed by atoms with Crippen LogP contribution in [0.1, 0.15) is 41.5 Å². The van der Waals surface area contributed by atoms with E-state index >= 15 is 0 Å². The minimum atomic E-state index is -1.31. The standard InChI is InChI=1S/C29H30N6O7/c1-4-33-15-20(27(39)40)23(36)19-14-30-29(32-24(19)33)35-11-9-34(10-12-35)26(38)22(16(2)3)31-25(37)18-13-17-7-5-6-8-21(17)42-28(18)41/h5-8,13-16,22H,4,9-12H2,1-3H3,(H,31,37)(H,39,40)/t22-/m0/s1. The number of benzene rings is 1. The van der Waals surface area contributed by atoms with Crippen LogP contribution >= 0.6 is 0 Å². The lowest BCUT2D eigenvalue weighted by atomic mass is 10.0. The molecule has 0 spiro atoms. The van der Waals surface area contributed by atoms with Gasteiger partial charge in [-0.25, -0.2) is 14.6 Å². The molecule has 1 aliphatic heterocycles. The number of nitrogens with zero attached hydrogens (tertiary/aromatic N) is 5. The van der Waals surface area contributed by atoms with Gasteiger partial charge in [-0.2, -0.15) is 4.98 Å². The highest BCUT2D eigenvalue weighted by atomic mass is 16.4. The number of carbonyl (C=O) groups excluding carboxylic acids is 2. The van der Waals surface area contributed by atoms with Crippen molar-refractivity contribution in [3.8, 4) is 0 Å². The summed E-state index contributed by atoms with van der Waals surface area (Å²) < 4.78 is 6.87. The first-order chi connectivity index (χ1) is 20.1. The fourth-order valence-electron chi connectivity index (χ4n) is 4.99. The van der Waals surface area contributed by atoms with Crippen molar-refractivity contribution in [1.29, 1.82) is 0 Å². The summed E-state index contributed by atoms with van der Waals surface area (Å²) in [4.78, 5) is 75.5. The summed E-state index contributed by atoms with van der Waals surface area (Å²) in [7, 11) is 0. The molecule has 13 heteroatoms. The second-order valence-corrected chi connectivity index (χ2v) is 10.4. The van der Waals surface area contributed by atoms with Gasteiger partial charge in [-0.3, -0.25) is 14.4 Å². The molecule has 4 aromatic rings. The van der Waals surface area contributed by atoms with Crippen molar-refractivity contribution in [2.24, 2.45) is 5.92 Å². The number of hydrogen-bond donors (Lipinski definition) is 2. The second kappa shape index (κ2) is 11.4. The number of carboxylic acids is 1. The van der Waals surface area contributed by atoms with Gasteiger partial charge in [0.1, 0.15) is 28.4 Å². The van der Waals surface area contributed by atoms with Crippen molar-refractivity contribution in [1.82, 2.24) is 24.8 Å². The molecule has 3 aromatic heterocycles. The Kier molecular flexibility index (Phi) is 7.74. The van der Waals surface area contributed by atoms with E-state index in [9.17, 15) is 29.1 Å². The molecule has 5 rings (SSSR count). The fourth-order valence-corrected chi connectivity index (χ4v) is 4.99. The van der Waals surface area contributed by atoms with Crippen molar-refractivity contribution in [3.05, 3.63) is 74.5 Å². The molecular formula is C29H30N6O7. The number of fused-ring (bicyclic) bond motifs is 2. The molecule has 42 heavy (non-hydrogen) atoms. The summed E-state index contributed by atoms with van der Waals surface area (Å²) in [5.74, 6) is -2.17. The summed E-state index contributed by atoms with van der Waals surface area (Å²) >= 11 is 0. The Hall–Kier alpha value is -5.07. The van der Waals surface area contributed by atoms with Crippen LogP contribution < -0.4 is 21.3 Å². The van der Waals surface area contributed by atoms with Gasteiger partial charge in [0.05, 0.1) is 5.39 Å². The van der Waals surface area contributed by atoms with Crippen molar-refractivity contribution in [2.75, 3.05) is 31.1 Å². The van der Waals surface area contributed by atoms with Crippen LogP contribution in [-0.4, -0.2) is 74.5 Å². The average molecular weight is 575 g/mol. The van der Waals surface area contributed by atoms with Crippen molar-refractivity contribution in [2.45, 2.75) is 33.4 Å². The van der Waals surface area contributed by atoms with E-state index in [1.54, 1.807) is 33.7 Å². The Balaban J connectivity index is 1.30. The van der Waals surface area contributed by atoms with E-state index in [-0.39, 0.29) is 28.3 Å². The summed E-state index contributed by atoms with van der Waals surface area (Å²) in [6, 6.07) is 7.46. The highest BCUT2D eigenvalue weighted by Gasteiger charge is 2.32. The van der Waals surface area contributed by atoms with Gasteiger partial charge in [-0.05, 0) is 25.0 Å². The number of hydrogen-bond acceptors (Lipinski definition) is 9. The SMILES string of the molecule is CCn1cc(C(=O)O)c(=O)c2cnc(N3CCN(C(=O)[C@@H](NC(=O)c4cc5ccccc5oc4=O)C(C)C)CC3)nc21. The molecule has 1 atom stereocenters. The van der Waals surface area contributed by atoms with E-state index in [4.69, 9.17) is 4.42 Å². The first-order valence-corrected chi connectivity index (χ1v) is 13.6. The maximum Gasteiger partial charge on any atom is 0.349 e. The van der Waals surface area contributed by atoms with Crippen LogP contribution in [0.15, 0.2) is 56.7 Å². The van der Waals surface area contributed by atoms with Gasteiger partial charge in [0.15, 0.2) is 0 Å². The number of carboxylic acid groups (broad SMARTS) is 1. The maximum absolute atomic E-state index is 13.5. The van der Waals surface area contributed by atoms with E-state index in [0.717, 1.165) is 0 Å². The molecule has 13 nitrogen and oxygen atoms in total. The molecule has 2 amide bonds. The number of aromatic nitrogens is 3. The molecule has 1 aliphatic rings. The average Bonchev–Trinajstić information content (AvgIpc) is 2.98. The second-order valence-electron chi connectivity index (χ2n) is 10.4. The number of nitrogens with one attached hydrogen (secondary N) is 1. The molecule has 0 saturated carbocycles. The molecule has 4 heterocycles. The Morgan fingerprint density at radius 1 is 1.07 bits per heavy atom. The van der Waals surface area contributed by atoms with E-state index in [2.05, 4.69) is 15.3 Å². The first-order valence-electron chi connectivity index (χ1n) is 13.6. The minimum absolute atomic E-state index is 0.116. The third-order valence-corrected chi connectivity index (χ3v) is 7.35. The van der Waals surface area contributed by atoms with E-state index in [0.29, 0.717) is 55.3 Å². The summed E-state index contributed by atoms with van der Waals surface area (Å²) in [6.07, 6.45) is 2.62. The Morgan fingerprint density at radius 3 is 2.45 bits per heavy atom. The highest BCUT2D eigenvalue weighted by molar-refractivity contribution is 5.99. The molecule has 0 bridgehead atoms. The minimum Gasteiger partial charge on any atom is -0.477 e. The molecule has 1 saturated heterocycles. The monoisotopic (exact) mass is 574 g/mol. The molecule has 1 fully saturated rings. The fraction of sp³-hybridized carbons (Fsp3) is 0.345. The predicted molar refractivity (Wildman–Crippen MR) is 154 cm³/mol. The zero-order valence-electron chi connectivity index (χ0n) is 23.4. The molecular weight excluding hydrogens is 544 g/mol. The zero-order chi connectivity index (χ0) is 30.1. The highest BCUT2D eigenvalue weighted by Crippen LogP contribution is 2.18. The molecule has 2 N–H and O–H groups in total. The normalized spacial score (nSPS) is 14.4. The van der Waals surface area contributed by atoms with Crippen molar-refractivity contribution < 1.29 is 23.9 Å². The number of amides is 2. The van der Waals surface area contributed by atoms with Crippen molar-refractivity contribution in [3.63, 3.8) is 0 Å². The predicted octanol–water partition coefficient (Wildman–Crippen LogP) is 1.72. The van der Waals surface area contributed by atoms with Gasteiger partial charge in [-0.1, -0.05) is 32.0 Å². The lowest BCUT2D eigenvalue weighted by Gasteiger charge is -2.37. The van der Waals surface area contributed by atoms with Crippen LogP contribution in [0.25, 0.3) is 22.0 Å². The molecule has 1 aromatic carbocycles. The Labute approximate surface area is 239 Å². The van der Waals surface area contributed by atoms with Gasteiger partial charge >= 0.3 is 11.6 Å². The maximum atomic E-state index is 13.5. The van der Waals surface area contributed by atoms with Gasteiger partial charge < -0.3 is 29.2 Å². The number of anilines is 1. The first kappa shape index (κ1) is 28.5. The lowest BCUT2D eigenvalue weighted by Crippen LogP contribution is -2.57. The van der Waals surface area contributed by atoms with E-state index < -0.39 is 29.0 Å². The van der Waals surface area contributed by atoms with E-state index in [1.807, 2.05) is 25.7 Å². The smallest absolute Gasteiger partial charge is 0.349 e. The topological polar surface area (TPSA) is 168 Å². The molecule has 218 valence electrons. The molecule has 0 aliphatic carbocycles. The van der Waals surface area contributed by atoms with Crippen LogP contribution in [0, 0.1) is 5.92 Å². The quantitative estimate of drug-likeness (QED) is 0.310. The lowest BCUT2D eigenvalue weighted by molar-refractivity contribution is -0.134. The third kappa shape index (κ3) is 5.32. The van der Waals surface area contributed by atoms with Gasteiger partial charge in [0.2, 0.25) is 17.3 Å². The number of pyridine rings is 1. The van der Waals surface area contributed by atoms with Crippen LogP contribution in [0.5, 0.6) is 0 Å². The number of piperazine rings is 1.